The van der Waals surface area contributed by atoms with Gasteiger partial charge in [0.2, 0.25) is 0 Å². The zero-order chi connectivity index (χ0) is 34.9. The number of rotatable bonds is 3. The van der Waals surface area contributed by atoms with E-state index in [-0.39, 0.29) is 0 Å². The van der Waals surface area contributed by atoms with Crippen LogP contribution in [0.25, 0.3) is 65.3 Å². The Morgan fingerprint density at radius 2 is 0.959 bits per heavy atom. The molecule has 0 aliphatic rings. The number of halogens is 2. The van der Waals surface area contributed by atoms with E-state index in [0.29, 0.717) is 0 Å². The molecule has 244 valence electrons. The Balaban J connectivity index is 0.000000165. The van der Waals surface area contributed by atoms with Gasteiger partial charge >= 0.3 is 37.9 Å². The summed E-state index contributed by atoms with van der Waals surface area (Å²) in [5, 5.41) is 10.7. The molecule has 0 aromatic heterocycles. The summed E-state index contributed by atoms with van der Waals surface area (Å²) >= 11 is -0.826. The van der Waals surface area contributed by atoms with Crippen LogP contribution in [-0.4, -0.2) is 9.52 Å². The van der Waals surface area contributed by atoms with E-state index in [1.807, 2.05) is 0 Å². The Bertz CT molecular complexity index is 2300. The SMILES string of the molecule is CCc1cc2c(-c3cccc4ccccc34)cc(C)cc2[cH-]1.C[Si]C.Cc1cc(-c2cccc3ccccc23)c2cc(C)[cH-]c2c1.[Cl][Zr+2][Cl]. The molecule has 0 aliphatic carbocycles. The Hall–Kier alpha value is -3.26. The molecule has 0 atom stereocenters. The van der Waals surface area contributed by atoms with Gasteiger partial charge in [-0.05, 0) is 52.9 Å². The molecule has 0 N–H and O–H groups in total. The average Bonchev–Trinajstić information content (AvgIpc) is 3.70. The Kier molecular flexibility index (Phi) is 13.3. The van der Waals surface area contributed by atoms with Gasteiger partial charge in [-0.25, -0.2) is 0 Å². The van der Waals surface area contributed by atoms with Crippen molar-refractivity contribution in [3.63, 3.8) is 0 Å². The predicted molar refractivity (Wildman–Crippen MR) is 218 cm³/mol. The van der Waals surface area contributed by atoms with Gasteiger partial charge in [0.15, 0.2) is 0 Å². The third-order valence-electron chi connectivity index (χ3n) is 8.71. The van der Waals surface area contributed by atoms with Crippen molar-refractivity contribution < 1.29 is 20.8 Å². The molecule has 0 saturated heterocycles. The molecule has 2 radical (unpaired) electrons. The van der Waals surface area contributed by atoms with Crippen LogP contribution in [-0.2, 0) is 27.3 Å². The monoisotopic (exact) mass is 770 g/mol. The van der Waals surface area contributed by atoms with Gasteiger partial charge in [-0.2, -0.15) is 12.1 Å². The molecule has 0 saturated carbocycles. The molecule has 0 amide bonds. The summed E-state index contributed by atoms with van der Waals surface area (Å²) in [6.45, 7) is 13.1. The molecule has 0 fully saturated rings. The van der Waals surface area contributed by atoms with Gasteiger partial charge in [0.05, 0.1) is 0 Å². The number of hydrogen-bond acceptors (Lipinski definition) is 0. The standard InChI is InChI=1S/C22H19.C21H17.C2H6Si.2ClH.Zr/c1-3-16-13-18-11-15(2)12-22(21(18)14-16)20-10-6-8-17-7-4-5-9-19(17)20;1-14-10-17-11-15(2)13-21(20(17)12-14)19-9-5-7-16-6-3-4-8-18(16)19;1-3-2;;;/h4-14H,3H2,1-2H3;3-13H,1-2H3;1-2H3;2*1H;/q2*-1;;;;+4/p-2. The average molecular weight is 773 g/mol. The summed E-state index contributed by atoms with van der Waals surface area (Å²) in [6.07, 6.45) is 1.09. The zero-order valence-electron chi connectivity index (χ0n) is 29.2. The Morgan fingerprint density at radius 3 is 1.45 bits per heavy atom. The molecule has 4 heteroatoms. The van der Waals surface area contributed by atoms with Gasteiger partial charge in [-0.15, -0.1) is 56.9 Å². The molecule has 0 aliphatic heterocycles. The molecular formula is C45H42Cl2SiZr. The summed E-state index contributed by atoms with van der Waals surface area (Å²) < 4.78 is 0. The summed E-state index contributed by atoms with van der Waals surface area (Å²) in [7, 11) is 11.0. The van der Waals surface area contributed by atoms with Crippen molar-refractivity contribution in [1.82, 2.24) is 0 Å². The summed E-state index contributed by atoms with van der Waals surface area (Å²) in [5.41, 5.74) is 10.7. The third-order valence-corrected chi connectivity index (χ3v) is 8.71. The van der Waals surface area contributed by atoms with Crippen LogP contribution in [0.15, 0.2) is 133 Å². The molecule has 0 heterocycles. The van der Waals surface area contributed by atoms with E-state index in [4.69, 9.17) is 17.0 Å². The van der Waals surface area contributed by atoms with Crippen molar-refractivity contribution in [3.05, 3.63) is 156 Å². The van der Waals surface area contributed by atoms with Crippen molar-refractivity contribution in [2.45, 2.75) is 47.2 Å². The van der Waals surface area contributed by atoms with Crippen LogP contribution in [0.2, 0.25) is 13.1 Å². The summed E-state index contributed by atoms with van der Waals surface area (Å²) in [6, 6.07) is 48.9. The first-order valence-electron chi connectivity index (χ1n) is 16.7. The maximum atomic E-state index is 4.93. The molecule has 0 nitrogen and oxygen atoms in total. The Morgan fingerprint density at radius 1 is 0.531 bits per heavy atom. The predicted octanol–water partition coefficient (Wildman–Crippen LogP) is 14.4. The van der Waals surface area contributed by atoms with Crippen molar-refractivity contribution >= 4 is 69.6 Å². The van der Waals surface area contributed by atoms with E-state index in [9.17, 15) is 0 Å². The maximum absolute atomic E-state index is 4.93. The first-order valence-corrected chi connectivity index (χ1v) is 25.0. The van der Waals surface area contributed by atoms with E-state index >= 15 is 0 Å². The third kappa shape index (κ3) is 8.73. The molecule has 8 rings (SSSR count). The number of benzene rings is 6. The van der Waals surface area contributed by atoms with Crippen LogP contribution in [0, 0.1) is 20.8 Å². The van der Waals surface area contributed by atoms with Gasteiger partial charge in [0.25, 0.3) is 0 Å². The number of aryl methyl sites for hydroxylation is 4. The topological polar surface area (TPSA) is 0 Å². The second kappa shape index (κ2) is 17.6. The van der Waals surface area contributed by atoms with E-state index < -0.39 is 20.8 Å². The van der Waals surface area contributed by atoms with E-state index in [1.165, 1.54) is 87.6 Å². The van der Waals surface area contributed by atoms with E-state index in [1.54, 1.807) is 0 Å². The first kappa shape index (κ1) is 37.0. The molecule has 0 unspecified atom stereocenters. The molecule has 0 spiro atoms. The Labute approximate surface area is 313 Å². The number of fused-ring (bicyclic) bond motifs is 4. The van der Waals surface area contributed by atoms with Gasteiger partial charge in [-0.1, -0.05) is 146 Å². The molecule has 8 aromatic rings. The van der Waals surface area contributed by atoms with Gasteiger partial charge in [0.1, 0.15) is 0 Å². The van der Waals surface area contributed by atoms with Crippen molar-refractivity contribution in [3.8, 4) is 22.3 Å². The van der Waals surface area contributed by atoms with Gasteiger partial charge < -0.3 is 0 Å². The molecule has 0 bridgehead atoms. The van der Waals surface area contributed by atoms with Crippen LogP contribution >= 0.6 is 17.0 Å². The minimum absolute atomic E-state index is 0.826. The fourth-order valence-corrected chi connectivity index (χ4v) is 6.72. The zero-order valence-corrected chi connectivity index (χ0v) is 34.1. The summed E-state index contributed by atoms with van der Waals surface area (Å²) in [4.78, 5) is 0. The second-order valence-electron chi connectivity index (χ2n) is 12.5. The van der Waals surface area contributed by atoms with Crippen LogP contribution < -0.4 is 0 Å². The number of hydrogen-bond donors (Lipinski definition) is 0. The van der Waals surface area contributed by atoms with Crippen molar-refractivity contribution in [2.75, 3.05) is 0 Å². The van der Waals surface area contributed by atoms with Crippen LogP contribution in [0.3, 0.4) is 0 Å². The van der Waals surface area contributed by atoms with Crippen LogP contribution in [0.5, 0.6) is 0 Å². The minimum atomic E-state index is -0.826. The molecule has 8 aromatic carbocycles. The van der Waals surface area contributed by atoms with Crippen molar-refractivity contribution in [2.24, 2.45) is 0 Å². The van der Waals surface area contributed by atoms with Crippen LogP contribution in [0.1, 0.15) is 29.2 Å². The van der Waals surface area contributed by atoms with Gasteiger partial charge in [0, 0.05) is 9.52 Å². The normalized spacial score (nSPS) is 10.5. The van der Waals surface area contributed by atoms with E-state index in [0.717, 1.165) is 15.9 Å². The molecule has 49 heavy (non-hydrogen) atoms. The fraction of sp³-hybridized carbons (Fsp3) is 0.156. The summed E-state index contributed by atoms with van der Waals surface area (Å²) in [5.74, 6) is 0. The van der Waals surface area contributed by atoms with E-state index in [2.05, 4.69) is 174 Å². The quantitative estimate of drug-likeness (QED) is 0.124. The van der Waals surface area contributed by atoms with Gasteiger partial charge in [-0.3, -0.25) is 0 Å². The fourth-order valence-electron chi connectivity index (χ4n) is 6.72. The van der Waals surface area contributed by atoms with Crippen molar-refractivity contribution in [1.29, 1.82) is 0 Å². The molecular weight excluding hydrogens is 731 g/mol. The first-order chi connectivity index (χ1) is 23.8. The van der Waals surface area contributed by atoms with Crippen LogP contribution in [0.4, 0.5) is 0 Å². The second-order valence-corrected chi connectivity index (χ2v) is 17.2.